The highest BCUT2D eigenvalue weighted by atomic mass is 32.1. The van der Waals surface area contributed by atoms with E-state index in [1.807, 2.05) is 54.1 Å². The Morgan fingerprint density at radius 1 is 1.15 bits per heavy atom. The number of aryl methyl sites for hydroxylation is 1. The molecule has 2 aromatic heterocycles. The van der Waals surface area contributed by atoms with Crippen LogP contribution in [-0.2, 0) is 0 Å². The second-order valence-corrected chi connectivity index (χ2v) is 6.39. The third kappa shape index (κ3) is 2.74. The Bertz CT molecular complexity index is 1220. The molecule has 0 saturated carbocycles. The topological polar surface area (TPSA) is 60.2 Å². The molecule has 130 valence electrons. The summed E-state index contributed by atoms with van der Waals surface area (Å²) in [4.78, 5) is 15.6. The maximum absolute atomic E-state index is 12.5. The number of imidazole rings is 1. The first-order chi connectivity index (χ1) is 12.6. The Hall–Kier alpha value is -3.12. The van der Waals surface area contributed by atoms with E-state index in [0.29, 0.717) is 27.4 Å². The molecule has 6 heteroatoms. The molecule has 0 aliphatic rings. The lowest BCUT2D eigenvalue weighted by Gasteiger charge is -2.05. The number of fused-ring (bicyclic) bond motifs is 1. The van der Waals surface area contributed by atoms with Crippen LogP contribution < -0.4 is 10.4 Å². The summed E-state index contributed by atoms with van der Waals surface area (Å²) in [7, 11) is 1.54. The fourth-order valence-corrected chi connectivity index (χ4v) is 3.16. The number of aromatic amines is 1. The number of para-hydroxylation sites is 1. The molecule has 0 amide bonds. The Balaban J connectivity index is 1.87. The summed E-state index contributed by atoms with van der Waals surface area (Å²) in [5.74, 6) is 0.524. The predicted molar refractivity (Wildman–Crippen MR) is 104 cm³/mol. The monoisotopic (exact) mass is 364 g/mol. The average Bonchev–Trinajstić information content (AvgIpc) is 3.03. The standard InChI is InChI=1S/C20H16N2O3S/c1-12-6-8-14(9-7-12)22-11-16(21-20(22)26)15-10-13-4-3-5-17(24-2)18(13)25-19(15)23/h3-11H,1-2H3,(H,21,26). The normalized spacial score (nSPS) is 11.0. The van der Waals surface area contributed by atoms with Crippen molar-refractivity contribution in [2.75, 3.05) is 7.11 Å². The molecule has 0 unspecified atom stereocenters. The number of aromatic nitrogens is 2. The number of methoxy groups -OCH3 is 1. The molecule has 0 radical (unpaired) electrons. The fourth-order valence-electron chi connectivity index (χ4n) is 2.90. The van der Waals surface area contributed by atoms with Gasteiger partial charge >= 0.3 is 5.63 Å². The minimum Gasteiger partial charge on any atom is -0.493 e. The Labute approximate surface area is 154 Å². The molecule has 0 bridgehead atoms. The highest BCUT2D eigenvalue weighted by Gasteiger charge is 2.13. The van der Waals surface area contributed by atoms with Crippen LogP contribution in [0.4, 0.5) is 0 Å². The van der Waals surface area contributed by atoms with Gasteiger partial charge in [0.15, 0.2) is 16.1 Å². The zero-order chi connectivity index (χ0) is 18.3. The summed E-state index contributed by atoms with van der Waals surface area (Å²) in [5.41, 5.74) is 3.10. The highest BCUT2D eigenvalue weighted by Crippen LogP contribution is 2.27. The molecule has 1 N–H and O–H groups in total. The number of hydrogen-bond acceptors (Lipinski definition) is 4. The number of H-pyrrole nitrogens is 1. The lowest BCUT2D eigenvalue weighted by Crippen LogP contribution is -2.03. The first kappa shape index (κ1) is 16.4. The van der Waals surface area contributed by atoms with E-state index in [9.17, 15) is 4.79 Å². The van der Waals surface area contributed by atoms with Crippen LogP contribution in [0.5, 0.6) is 5.75 Å². The largest absolute Gasteiger partial charge is 0.493 e. The first-order valence-corrected chi connectivity index (χ1v) is 8.47. The second-order valence-electron chi connectivity index (χ2n) is 6.00. The summed E-state index contributed by atoms with van der Waals surface area (Å²) in [5, 5.41) is 0.779. The molecule has 26 heavy (non-hydrogen) atoms. The second kappa shape index (κ2) is 6.31. The minimum atomic E-state index is -0.450. The van der Waals surface area contributed by atoms with Crippen molar-refractivity contribution < 1.29 is 9.15 Å². The summed E-state index contributed by atoms with van der Waals surface area (Å²) in [6.07, 6.45) is 1.81. The van der Waals surface area contributed by atoms with E-state index in [2.05, 4.69) is 4.98 Å². The maximum Gasteiger partial charge on any atom is 0.345 e. The molecule has 4 aromatic rings. The van der Waals surface area contributed by atoms with Crippen molar-refractivity contribution in [2.24, 2.45) is 0 Å². The zero-order valence-corrected chi connectivity index (χ0v) is 15.1. The van der Waals surface area contributed by atoms with E-state index in [1.54, 1.807) is 19.2 Å². The first-order valence-electron chi connectivity index (χ1n) is 8.07. The number of hydrogen-bond donors (Lipinski definition) is 1. The molecule has 0 spiro atoms. The fraction of sp³-hybridized carbons (Fsp3) is 0.100. The predicted octanol–water partition coefficient (Wildman–Crippen LogP) is 4.63. The molecular formula is C20H16N2O3S. The van der Waals surface area contributed by atoms with E-state index in [4.69, 9.17) is 21.4 Å². The van der Waals surface area contributed by atoms with Crippen LogP contribution in [0.25, 0.3) is 27.9 Å². The van der Waals surface area contributed by atoms with Gasteiger partial charge in [-0.2, -0.15) is 0 Å². The number of ether oxygens (including phenoxy) is 1. The smallest absolute Gasteiger partial charge is 0.345 e. The van der Waals surface area contributed by atoms with Crippen molar-refractivity contribution in [2.45, 2.75) is 6.92 Å². The quantitative estimate of drug-likeness (QED) is 0.425. The van der Waals surface area contributed by atoms with Crippen LogP contribution in [0, 0.1) is 11.7 Å². The van der Waals surface area contributed by atoms with Gasteiger partial charge in [0.2, 0.25) is 0 Å². The Morgan fingerprint density at radius 3 is 2.65 bits per heavy atom. The molecule has 2 aromatic carbocycles. The van der Waals surface area contributed by atoms with Crippen LogP contribution >= 0.6 is 12.2 Å². The highest BCUT2D eigenvalue weighted by molar-refractivity contribution is 7.71. The summed E-state index contributed by atoms with van der Waals surface area (Å²) < 4.78 is 13.1. The van der Waals surface area contributed by atoms with Crippen LogP contribution in [0.15, 0.2) is 63.9 Å². The molecule has 0 fully saturated rings. The van der Waals surface area contributed by atoms with Gasteiger partial charge in [-0.3, -0.25) is 4.57 Å². The van der Waals surface area contributed by atoms with E-state index >= 15 is 0 Å². The summed E-state index contributed by atoms with van der Waals surface area (Å²) in [6.45, 7) is 2.03. The molecule has 2 heterocycles. The Morgan fingerprint density at radius 2 is 1.92 bits per heavy atom. The third-order valence-corrected chi connectivity index (χ3v) is 4.56. The van der Waals surface area contributed by atoms with Gasteiger partial charge in [-0.15, -0.1) is 0 Å². The van der Waals surface area contributed by atoms with Gasteiger partial charge in [0.25, 0.3) is 0 Å². The van der Waals surface area contributed by atoms with Crippen LogP contribution in [0.3, 0.4) is 0 Å². The third-order valence-electron chi connectivity index (χ3n) is 4.26. The van der Waals surface area contributed by atoms with E-state index in [0.717, 1.165) is 11.1 Å². The van der Waals surface area contributed by atoms with Gasteiger partial charge < -0.3 is 14.1 Å². The van der Waals surface area contributed by atoms with E-state index < -0.39 is 5.63 Å². The van der Waals surface area contributed by atoms with Crippen LogP contribution in [-0.4, -0.2) is 16.7 Å². The maximum atomic E-state index is 12.5. The summed E-state index contributed by atoms with van der Waals surface area (Å²) in [6, 6.07) is 15.3. The molecular weight excluding hydrogens is 348 g/mol. The van der Waals surface area contributed by atoms with Crippen molar-refractivity contribution in [3.8, 4) is 22.7 Å². The van der Waals surface area contributed by atoms with E-state index in [-0.39, 0.29) is 0 Å². The lowest BCUT2D eigenvalue weighted by molar-refractivity contribution is 0.407. The SMILES string of the molecule is COc1cccc2cc(-c3cn(-c4ccc(C)cc4)c(=S)[nH]3)c(=O)oc12. The number of rotatable bonds is 3. The molecule has 0 aliphatic carbocycles. The van der Waals surface area contributed by atoms with Gasteiger partial charge in [-0.05, 0) is 43.4 Å². The van der Waals surface area contributed by atoms with Gasteiger partial charge in [-0.1, -0.05) is 29.8 Å². The number of benzene rings is 2. The molecule has 4 rings (SSSR count). The van der Waals surface area contributed by atoms with Crippen molar-refractivity contribution in [1.29, 1.82) is 0 Å². The Kier molecular flexibility index (Phi) is 3.97. The molecule has 0 aliphatic heterocycles. The molecule has 0 saturated heterocycles. The van der Waals surface area contributed by atoms with Crippen LogP contribution in [0.1, 0.15) is 5.56 Å². The van der Waals surface area contributed by atoms with Gasteiger partial charge in [0, 0.05) is 17.3 Å². The van der Waals surface area contributed by atoms with Gasteiger partial charge in [0.05, 0.1) is 18.4 Å². The van der Waals surface area contributed by atoms with Crippen molar-refractivity contribution >= 4 is 23.2 Å². The number of nitrogens with one attached hydrogen (secondary N) is 1. The average molecular weight is 364 g/mol. The van der Waals surface area contributed by atoms with Crippen LogP contribution in [0.2, 0.25) is 0 Å². The van der Waals surface area contributed by atoms with Crippen molar-refractivity contribution in [3.63, 3.8) is 0 Å². The van der Waals surface area contributed by atoms with E-state index in [1.165, 1.54) is 5.56 Å². The minimum absolute atomic E-state index is 0.419. The number of nitrogens with zero attached hydrogens (tertiary/aromatic N) is 1. The van der Waals surface area contributed by atoms with Crippen molar-refractivity contribution in [3.05, 3.63) is 75.5 Å². The van der Waals surface area contributed by atoms with Crippen molar-refractivity contribution in [1.82, 2.24) is 9.55 Å². The van der Waals surface area contributed by atoms with Gasteiger partial charge in [-0.25, -0.2) is 4.79 Å². The zero-order valence-electron chi connectivity index (χ0n) is 14.3. The summed E-state index contributed by atoms with van der Waals surface area (Å²) >= 11 is 5.42. The molecule has 5 nitrogen and oxygen atoms in total. The van der Waals surface area contributed by atoms with Gasteiger partial charge in [0.1, 0.15) is 0 Å². The molecule has 0 atom stereocenters. The lowest BCUT2D eigenvalue weighted by atomic mass is 10.1.